The Morgan fingerprint density at radius 3 is 2.39 bits per heavy atom. The number of hydrogen-bond acceptors (Lipinski definition) is 5. The predicted molar refractivity (Wildman–Crippen MR) is 101 cm³/mol. The van der Waals surface area contributed by atoms with Crippen LogP contribution in [0.15, 0.2) is 30.3 Å². The van der Waals surface area contributed by atoms with E-state index in [1.807, 2.05) is 30.3 Å². The van der Waals surface area contributed by atoms with E-state index in [1.54, 1.807) is 6.92 Å². The first-order valence-corrected chi connectivity index (χ1v) is 9.24. The highest BCUT2D eigenvalue weighted by molar-refractivity contribution is 6.23. The van der Waals surface area contributed by atoms with Crippen molar-refractivity contribution in [2.24, 2.45) is 0 Å². The van der Waals surface area contributed by atoms with E-state index in [4.69, 9.17) is 5.11 Å². The first-order chi connectivity index (χ1) is 13.4. The van der Waals surface area contributed by atoms with Crippen molar-refractivity contribution in [1.29, 1.82) is 0 Å². The molecule has 0 saturated carbocycles. The standard InChI is InChI=1S/C21H22N2O5/c1-13-17-18(19(26)15(22-13)12-14-8-4-2-5-9-14)21(28)23(20(17)27)11-7-3-6-10-16(24)25/h2,4-5,8-9,26H,3,6-7,10-12H2,1H3,(H,24,25). The summed E-state index contributed by atoms with van der Waals surface area (Å²) in [4.78, 5) is 41.5. The zero-order valence-corrected chi connectivity index (χ0v) is 15.6. The van der Waals surface area contributed by atoms with Gasteiger partial charge >= 0.3 is 5.97 Å². The average molecular weight is 382 g/mol. The second kappa shape index (κ2) is 8.21. The fraction of sp³-hybridized carbons (Fsp3) is 0.333. The molecule has 0 fully saturated rings. The van der Waals surface area contributed by atoms with E-state index in [-0.39, 0.29) is 29.8 Å². The molecule has 0 saturated heterocycles. The summed E-state index contributed by atoms with van der Waals surface area (Å²) in [6.45, 7) is 1.85. The number of carboxylic acids is 1. The first-order valence-electron chi connectivity index (χ1n) is 9.24. The van der Waals surface area contributed by atoms with E-state index in [2.05, 4.69) is 4.98 Å². The number of carboxylic acid groups (broad SMARTS) is 1. The SMILES string of the molecule is Cc1nc(Cc2ccccc2)c(O)c2c1C(=O)N(CCCCCC(=O)O)C2=O. The van der Waals surface area contributed by atoms with Gasteiger partial charge in [0.05, 0.1) is 22.5 Å². The van der Waals surface area contributed by atoms with Gasteiger partial charge in [0.15, 0.2) is 5.75 Å². The lowest BCUT2D eigenvalue weighted by Gasteiger charge is -2.13. The topological polar surface area (TPSA) is 108 Å². The molecule has 3 rings (SSSR count). The number of carbonyl (C=O) groups is 3. The molecule has 2 N–H and O–H groups in total. The molecule has 146 valence electrons. The van der Waals surface area contributed by atoms with Crippen LogP contribution in [0.25, 0.3) is 0 Å². The van der Waals surface area contributed by atoms with Gasteiger partial charge in [-0.2, -0.15) is 0 Å². The summed E-state index contributed by atoms with van der Waals surface area (Å²) in [5.74, 6) is -2.07. The molecule has 0 unspecified atom stereocenters. The van der Waals surface area contributed by atoms with Crippen molar-refractivity contribution in [1.82, 2.24) is 9.88 Å². The summed E-state index contributed by atoms with van der Waals surface area (Å²) in [5.41, 5.74) is 1.91. The number of amides is 2. The molecule has 1 aromatic carbocycles. The van der Waals surface area contributed by atoms with Crippen LogP contribution in [0.1, 0.15) is 63.4 Å². The van der Waals surface area contributed by atoms with Gasteiger partial charge in [-0.3, -0.25) is 24.3 Å². The van der Waals surface area contributed by atoms with Gasteiger partial charge in [-0.15, -0.1) is 0 Å². The van der Waals surface area contributed by atoms with Crippen molar-refractivity contribution in [2.75, 3.05) is 6.54 Å². The number of pyridine rings is 1. The summed E-state index contributed by atoms with van der Waals surface area (Å²) in [6.07, 6.45) is 2.03. The lowest BCUT2D eigenvalue weighted by molar-refractivity contribution is -0.137. The lowest BCUT2D eigenvalue weighted by atomic mass is 10.0. The highest BCUT2D eigenvalue weighted by atomic mass is 16.4. The Hall–Kier alpha value is -3.22. The van der Waals surface area contributed by atoms with Crippen LogP contribution in [0.3, 0.4) is 0 Å². The van der Waals surface area contributed by atoms with Gasteiger partial charge in [-0.05, 0) is 25.3 Å². The van der Waals surface area contributed by atoms with Crippen LogP contribution in [0.5, 0.6) is 5.75 Å². The summed E-state index contributed by atoms with van der Waals surface area (Å²) in [5, 5.41) is 19.3. The number of benzene rings is 1. The maximum Gasteiger partial charge on any atom is 0.303 e. The highest BCUT2D eigenvalue weighted by Crippen LogP contribution is 2.35. The number of aryl methyl sites for hydroxylation is 1. The number of aromatic hydroxyl groups is 1. The van der Waals surface area contributed by atoms with Gasteiger partial charge in [0.1, 0.15) is 0 Å². The molecule has 0 bridgehead atoms. The van der Waals surface area contributed by atoms with Crippen LogP contribution in [-0.4, -0.2) is 44.4 Å². The minimum Gasteiger partial charge on any atom is -0.505 e. The van der Waals surface area contributed by atoms with Crippen LogP contribution in [0, 0.1) is 6.92 Å². The largest absolute Gasteiger partial charge is 0.505 e. The van der Waals surface area contributed by atoms with Crippen molar-refractivity contribution in [2.45, 2.75) is 39.0 Å². The normalized spacial score (nSPS) is 13.1. The highest BCUT2D eigenvalue weighted by Gasteiger charge is 2.40. The van der Waals surface area contributed by atoms with Crippen LogP contribution in [0.4, 0.5) is 0 Å². The third kappa shape index (κ3) is 3.88. The number of rotatable bonds is 8. The van der Waals surface area contributed by atoms with Gasteiger partial charge in [0.25, 0.3) is 11.8 Å². The molecule has 28 heavy (non-hydrogen) atoms. The smallest absolute Gasteiger partial charge is 0.303 e. The van der Waals surface area contributed by atoms with Crippen molar-refractivity contribution in [3.8, 4) is 5.75 Å². The molecule has 0 radical (unpaired) electrons. The second-order valence-electron chi connectivity index (χ2n) is 6.87. The number of nitrogens with zero attached hydrogens (tertiary/aromatic N) is 2. The molecular formula is C21H22N2O5. The molecule has 7 nitrogen and oxygen atoms in total. The molecular weight excluding hydrogens is 360 g/mol. The zero-order chi connectivity index (χ0) is 20.3. The summed E-state index contributed by atoms with van der Waals surface area (Å²) in [7, 11) is 0. The number of imide groups is 1. The molecule has 7 heteroatoms. The van der Waals surface area contributed by atoms with E-state index in [0.717, 1.165) is 10.5 Å². The van der Waals surface area contributed by atoms with Crippen molar-refractivity contribution in [3.05, 3.63) is 58.4 Å². The number of aliphatic carboxylic acids is 1. The van der Waals surface area contributed by atoms with Crippen molar-refractivity contribution in [3.63, 3.8) is 0 Å². The third-order valence-corrected chi connectivity index (χ3v) is 4.83. The average Bonchev–Trinajstić information content (AvgIpc) is 2.91. The maximum absolute atomic E-state index is 12.8. The van der Waals surface area contributed by atoms with E-state index in [1.165, 1.54) is 0 Å². The Kier molecular flexibility index (Phi) is 5.73. The molecule has 1 aliphatic rings. The summed E-state index contributed by atoms with van der Waals surface area (Å²) < 4.78 is 0. The van der Waals surface area contributed by atoms with E-state index in [0.29, 0.717) is 37.1 Å². The fourth-order valence-electron chi connectivity index (χ4n) is 3.43. The number of unbranched alkanes of at least 4 members (excludes halogenated alkanes) is 2. The zero-order valence-electron chi connectivity index (χ0n) is 15.6. The third-order valence-electron chi connectivity index (χ3n) is 4.83. The predicted octanol–water partition coefficient (Wildman–Crippen LogP) is 2.93. The van der Waals surface area contributed by atoms with Crippen LogP contribution >= 0.6 is 0 Å². The van der Waals surface area contributed by atoms with Gasteiger partial charge < -0.3 is 10.2 Å². The molecule has 0 atom stereocenters. The molecule has 2 aromatic rings. The Balaban J connectivity index is 1.79. The Bertz CT molecular complexity index is 924. The van der Waals surface area contributed by atoms with Gasteiger partial charge in [-0.1, -0.05) is 36.8 Å². The van der Waals surface area contributed by atoms with E-state index in [9.17, 15) is 19.5 Å². The lowest BCUT2D eigenvalue weighted by Crippen LogP contribution is -2.30. The molecule has 2 amide bonds. The summed E-state index contributed by atoms with van der Waals surface area (Å²) in [6, 6.07) is 9.46. The number of fused-ring (bicyclic) bond motifs is 1. The Morgan fingerprint density at radius 2 is 1.71 bits per heavy atom. The molecule has 2 heterocycles. The number of hydrogen-bond donors (Lipinski definition) is 2. The van der Waals surface area contributed by atoms with Crippen molar-refractivity contribution < 1.29 is 24.6 Å². The van der Waals surface area contributed by atoms with Crippen LogP contribution in [0.2, 0.25) is 0 Å². The van der Waals surface area contributed by atoms with Gasteiger partial charge in [0.2, 0.25) is 0 Å². The van der Waals surface area contributed by atoms with Gasteiger partial charge in [-0.25, -0.2) is 0 Å². The molecule has 0 aliphatic carbocycles. The molecule has 1 aliphatic heterocycles. The van der Waals surface area contributed by atoms with E-state index >= 15 is 0 Å². The quantitative estimate of drug-likeness (QED) is 0.537. The van der Waals surface area contributed by atoms with Crippen molar-refractivity contribution >= 4 is 17.8 Å². The molecule has 0 spiro atoms. The van der Waals surface area contributed by atoms with Crippen LogP contribution < -0.4 is 0 Å². The molecule has 1 aromatic heterocycles. The maximum atomic E-state index is 12.8. The van der Waals surface area contributed by atoms with Crippen LogP contribution in [-0.2, 0) is 11.2 Å². The monoisotopic (exact) mass is 382 g/mol. The van der Waals surface area contributed by atoms with E-state index < -0.39 is 17.8 Å². The minimum atomic E-state index is -0.863. The Morgan fingerprint density at radius 1 is 1.04 bits per heavy atom. The second-order valence-corrected chi connectivity index (χ2v) is 6.87. The number of aromatic nitrogens is 1. The Labute approximate surface area is 162 Å². The fourth-order valence-corrected chi connectivity index (χ4v) is 3.43. The number of carbonyl (C=O) groups excluding carboxylic acids is 2. The first kappa shape index (κ1) is 19.5. The minimum absolute atomic E-state index is 0.0222. The summed E-state index contributed by atoms with van der Waals surface area (Å²) >= 11 is 0. The van der Waals surface area contributed by atoms with Gasteiger partial charge in [0, 0.05) is 19.4 Å².